The van der Waals surface area contributed by atoms with Gasteiger partial charge in [-0.15, -0.1) is 0 Å². The average molecular weight is 593 g/mol. The number of rotatable bonds is 7. The van der Waals surface area contributed by atoms with Crippen LogP contribution in [0.2, 0.25) is 0 Å². The maximum absolute atomic E-state index is 12.8. The van der Waals surface area contributed by atoms with E-state index in [0.717, 1.165) is 48.2 Å². The number of oxazole rings is 1. The molecular weight excluding hydrogens is 564 g/mol. The maximum atomic E-state index is 12.8. The molecule has 0 amide bonds. The Morgan fingerprint density at radius 1 is 1.13 bits per heavy atom. The minimum atomic E-state index is -1.27. The van der Waals surface area contributed by atoms with Crippen molar-refractivity contribution < 1.29 is 19.1 Å². The highest BCUT2D eigenvalue weighted by molar-refractivity contribution is 9.10. The zero-order valence-electron chi connectivity index (χ0n) is 21.6. The van der Waals surface area contributed by atoms with Crippen LogP contribution in [0, 0.1) is 0 Å². The molecule has 2 fully saturated rings. The van der Waals surface area contributed by atoms with Gasteiger partial charge in [-0.05, 0) is 71.4 Å². The summed E-state index contributed by atoms with van der Waals surface area (Å²) in [6.45, 7) is 3.48. The van der Waals surface area contributed by atoms with Crippen LogP contribution in [0.4, 0.5) is 11.7 Å². The molecule has 2 aliphatic rings. The van der Waals surface area contributed by atoms with Crippen molar-refractivity contribution in [1.29, 1.82) is 0 Å². The molecule has 2 aromatic heterocycles. The number of aromatic carboxylic acids is 1. The molecule has 9 nitrogen and oxygen atoms in total. The fourth-order valence-electron chi connectivity index (χ4n) is 5.64. The molecule has 0 bridgehead atoms. The van der Waals surface area contributed by atoms with Gasteiger partial charge in [0.1, 0.15) is 11.1 Å². The molecule has 0 aliphatic carbocycles. The minimum absolute atomic E-state index is 0.216. The fourth-order valence-corrected chi connectivity index (χ4v) is 6.27. The van der Waals surface area contributed by atoms with Gasteiger partial charge in [-0.25, -0.2) is 4.79 Å². The number of carboxylic acids is 1. The maximum Gasteiger partial charge on any atom is 0.341 e. The Kier molecular flexibility index (Phi) is 6.90. The highest BCUT2D eigenvalue weighted by Gasteiger charge is 2.28. The summed E-state index contributed by atoms with van der Waals surface area (Å²) in [6, 6.07) is 13.7. The molecule has 0 spiro atoms. The van der Waals surface area contributed by atoms with Gasteiger partial charge in [-0.2, -0.15) is 4.98 Å². The first-order chi connectivity index (χ1) is 18.9. The number of carbonyl (C=O) groups is 1. The van der Waals surface area contributed by atoms with Crippen molar-refractivity contribution in [3.63, 3.8) is 0 Å². The zero-order valence-corrected chi connectivity index (χ0v) is 23.2. The Balaban J connectivity index is 1.43. The highest BCUT2D eigenvalue weighted by Crippen LogP contribution is 2.35. The van der Waals surface area contributed by atoms with Crippen molar-refractivity contribution in [2.24, 2.45) is 0 Å². The van der Waals surface area contributed by atoms with Crippen LogP contribution in [0.3, 0.4) is 0 Å². The number of anilines is 2. The van der Waals surface area contributed by atoms with E-state index in [9.17, 15) is 14.7 Å². The Hall–Kier alpha value is -3.63. The summed E-state index contributed by atoms with van der Waals surface area (Å²) in [5, 5.41) is 9.69. The fraction of sp³-hybridized carbons (Fsp3) is 0.345. The average Bonchev–Trinajstić information content (AvgIpc) is 3.69. The summed E-state index contributed by atoms with van der Waals surface area (Å²) in [5.41, 5.74) is 3.58. The highest BCUT2D eigenvalue weighted by atomic mass is 79.9. The third-order valence-electron chi connectivity index (χ3n) is 7.59. The van der Waals surface area contributed by atoms with E-state index in [2.05, 4.69) is 25.7 Å². The summed E-state index contributed by atoms with van der Waals surface area (Å²) in [7, 11) is 1.70. The van der Waals surface area contributed by atoms with E-state index in [1.807, 2.05) is 36.4 Å². The van der Waals surface area contributed by atoms with Crippen LogP contribution in [0.5, 0.6) is 0 Å². The number of ether oxygens (including phenoxy) is 1. The summed E-state index contributed by atoms with van der Waals surface area (Å²) in [6.07, 6.45) is 5.78. The molecule has 0 unspecified atom stereocenters. The van der Waals surface area contributed by atoms with Gasteiger partial charge in [0.05, 0.1) is 24.0 Å². The molecule has 202 valence electrons. The van der Waals surface area contributed by atoms with Gasteiger partial charge >= 0.3 is 5.97 Å². The lowest BCUT2D eigenvalue weighted by Gasteiger charge is -2.21. The Morgan fingerprint density at radius 3 is 2.69 bits per heavy atom. The van der Waals surface area contributed by atoms with E-state index in [1.165, 1.54) is 25.1 Å². The van der Waals surface area contributed by atoms with E-state index in [1.54, 1.807) is 11.7 Å². The van der Waals surface area contributed by atoms with Crippen molar-refractivity contribution >= 4 is 44.7 Å². The third-order valence-corrected chi connectivity index (χ3v) is 8.23. The molecule has 39 heavy (non-hydrogen) atoms. The topological polar surface area (TPSA) is 101 Å². The molecule has 0 saturated carbocycles. The SMILES string of the molecule is COC[C@H]1CCCN1c1nc2ccc(-n3cc(C(=O)O)c(=O)cc3-c3ccc(N4CCCC4)c(Br)c3)cc2o1. The molecule has 4 heterocycles. The number of benzene rings is 2. The summed E-state index contributed by atoms with van der Waals surface area (Å²) >= 11 is 3.71. The van der Waals surface area contributed by atoms with Crippen molar-refractivity contribution in [3.05, 3.63) is 68.9 Å². The lowest BCUT2D eigenvalue weighted by atomic mass is 10.1. The van der Waals surface area contributed by atoms with Crippen LogP contribution in [0.1, 0.15) is 36.0 Å². The molecule has 1 atom stereocenters. The number of halogens is 1. The van der Waals surface area contributed by atoms with Gasteiger partial charge in [0.25, 0.3) is 6.01 Å². The van der Waals surface area contributed by atoms with Gasteiger partial charge in [-0.3, -0.25) is 4.79 Å². The van der Waals surface area contributed by atoms with Crippen molar-refractivity contribution in [2.75, 3.05) is 43.2 Å². The second-order valence-corrected chi connectivity index (χ2v) is 10.9. The normalized spacial score (nSPS) is 17.4. The first-order valence-corrected chi connectivity index (χ1v) is 13.9. The second-order valence-electron chi connectivity index (χ2n) is 10.1. The predicted octanol–water partition coefficient (Wildman–Crippen LogP) is 5.32. The molecule has 10 heteroatoms. The molecular formula is C29H29BrN4O5. The zero-order chi connectivity index (χ0) is 27.1. The van der Waals surface area contributed by atoms with Gasteiger partial charge in [0.2, 0.25) is 0 Å². The first-order valence-electron chi connectivity index (χ1n) is 13.1. The van der Waals surface area contributed by atoms with Gasteiger partial charge < -0.3 is 28.6 Å². The standard InChI is InChI=1S/C29H29BrN4O5/c1-38-17-20-5-4-12-33(20)29-31-23-8-7-19(14-27(23)39-29)34-16-21(28(36)37)26(35)15-25(34)18-6-9-24(22(30)13-18)32-10-2-3-11-32/h6-9,13-16,20H,2-5,10-12,17H2,1H3,(H,36,37)/t20-/m1/s1. The smallest absolute Gasteiger partial charge is 0.341 e. The third kappa shape index (κ3) is 4.83. The van der Waals surface area contributed by atoms with E-state index in [-0.39, 0.29) is 11.6 Å². The molecule has 0 radical (unpaired) electrons. The van der Waals surface area contributed by atoms with Crippen LogP contribution >= 0.6 is 15.9 Å². The first kappa shape index (κ1) is 25.6. The monoisotopic (exact) mass is 592 g/mol. The number of hydrogen-bond acceptors (Lipinski definition) is 7. The molecule has 6 rings (SSSR count). The Bertz CT molecular complexity index is 1610. The van der Waals surface area contributed by atoms with Crippen LogP contribution < -0.4 is 15.2 Å². The summed E-state index contributed by atoms with van der Waals surface area (Å²) in [4.78, 5) is 33.8. The molecule has 2 saturated heterocycles. The molecule has 2 aromatic carbocycles. The number of aromatic nitrogens is 2. The Morgan fingerprint density at radius 2 is 1.95 bits per heavy atom. The van der Waals surface area contributed by atoms with Crippen LogP contribution in [0.15, 0.2) is 62.3 Å². The Labute approximate surface area is 233 Å². The lowest BCUT2D eigenvalue weighted by Crippen LogP contribution is -2.32. The van der Waals surface area contributed by atoms with Crippen molar-refractivity contribution in [1.82, 2.24) is 9.55 Å². The predicted molar refractivity (Wildman–Crippen MR) is 153 cm³/mol. The van der Waals surface area contributed by atoms with Crippen molar-refractivity contribution in [2.45, 2.75) is 31.7 Å². The van der Waals surface area contributed by atoms with Gasteiger partial charge in [-0.1, -0.05) is 6.07 Å². The van der Waals surface area contributed by atoms with E-state index >= 15 is 0 Å². The minimum Gasteiger partial charge on any atom is -0.477 e. The van der Waals surface area contributed by atoms with E-state index in [4.69, 9.17) is 14.1 Å². The number of pyridine rings is 1. The van der Waals surface area contributed by atoms with E-state index < -0.39 is 11.4 Å². The van der Waals surface area contributed by atoms with Crippen LogP contribution in [-0.4, -0.2) is 60.0 Å². The number of carboxylic acid groups (broad SMARTS) is 1. The molecule has 4 aromatic rings. The van der Waals surface area contributed by atoms with Crippen LogP contribution in [0.25, 0.3) is 28.0 Å². The largest absolute Gasteiger partial charge is 0.477 e. The summed E-state index contributed by atoms with van der Waals surface area (Å²) < 4.78 is 14.2. The number of hydrogen-bond donors (Lipinski definition) is 1. The molecule has 1 N–H and O–H groups in total. The number of methoxy groups -OCH3 is 1. The van der Waals surface area contributed by atoms with Crippen LogP contribution in [-0.2, 0) is 4.74 Å². The number of fused-ring (bicyclic) bond motifs is 1. The van der Waals surface area contributed by atoms with E-state index in [0.29, 0.717) is 35.1 Å². The molecule has 2 aliphatic heterocycles. The lowest BCUT2D eigenvalue weighted by molar-refractivity contribution is 0.0695. The van der Waals surface area contributed by atoms with Crippen molar-refractivity contribution in [3.8, 4) is 16.9 Å². The quantitative estimate of drug-likeness (QED) is 0.307. The van der Waals surface area contributed by atoms with Gasteiger partial charge in [0.15, 0.2) is 11.0 Å². The second kappa shape index (κ2) is 10.5. The number of nitrogens with zero attached hydrogens (tertiary/aromatic N) is 4. The van der Waals surface area contributed by atoms with Gasteiger partial charge in [0, 0.05) is 55.2 Å². The summed E-state index contributed by atoms with van der Waals surface area (Å²) in [5.74, 6) is -1.27.